The van der Waals surface area contributed by atoms with E-state index < -0.39 is 17.8 Å². The number of methoxy groups -OCH3 is 1. The number of amides is 1. The summed E-state index contributed by atoms with van der Waals surface area (Å²) in [5, 5.41) is 0. The lowest BCUT2D eigenvalue weighted by atomic mass is 10.0. The molecule has 0 spiro atoms. The van der Waals surface area contributed by atoms with Gasteiger partial charge in [0, 0.05) is 30.9 Å². The van der Waals surface area contributed by atoms with Crippen molar-refractivity contribution in [3.8, 4) is 5.69 Å². The summed E-state index contributed by atoms with van der Waals surface area (Å²) in [6.07, 6.45) is 1.12. The van der Waals surface area contributed by atoms with Crippen molar-refractivity contribution in [1.29, 1.82) is 0 Å². The van der Waals surface area contributed by atoms with Gasteiger partial charge in [-0.05, 0) is 42.3 Å². The molecule has 1 aromatic heterocycles. The first kappa shape index (κ1) is 20.6. The van der Waals surface area contributed by atoms with E-state index in [9.17, 15) is 18.0 Å². The third-order valence-corrected chi connectivity index (χ3v) is 4.65. The second-order valence-electron chi connectivity index (χ2n) is 6.55. The van der Waals surface area contributed by atoms with Gasteiger partial charge in [-0.3, -0.25) is 4.79 Å². The van der Waals surface area contributed by atoms with Crippen LogP contribution >= 0.6 is 0 Å². The molecule has 0 aliphatic rings. The third kappa shape index (κ3) is 4.48. The summed E-state index contributed by atoms with van der Waals surface area (Å²) in [4.78, 5) is 17.2. The molecule has 0 saturated carbocycles. The first-order valence-electron chi connectivity index (χ1n) is 8.84. The van der Waals surface area contributed by atoms with E-state index in [2.05, 4.69) is 4.98 Å². The van der Waals surface area contributed by atoms with Gasteiger partial charge in [0.1, 0.15) is 0 Å². The number of ether oxygens (including phenoxy) is 1. The number of hydrogen-bond acceptors (Lipinski definition) is 3. The minimum atomic E-state index is -4.50. The van der Waals surface area contributed by atoms with Gasteiger partial charge in [0.25, 0.3) is 0 Å². The Bertz CT molecular complexity index is 972. The topological polar surface area (TPSA) is 47.4 Å². The predicted molar refractivity (Wildman–Crippen MR) is 103 cm³/mol. The van der Waals surface area contributed by atoms with Crippen LogP contribution < -0.4 is 4.90 Å². The summed E-state index contributed by atoms with van der Waals surface area (Å²) in [5.74, 6) is 0. The molecule has 0 aliphatic carbocycles. The Morgan fingerprint density at radius 2 is 2.03 bits per heavy atom. The van der Waals surface area contributed by atoms with Gasteiger partial charge in [-0.15, -0.1) is 0 Å². The molecule has 0 fully saturated rings. The average Bonchev–Trinajstić information content (AvgIpc) is 3.22. The van der Waals surface area contributed by atoms with Gasteiger partial charge in [-0.1, -0.05) is 18.2 Å². The van der Waals surface area contributed by atoms with Crippen LogP contribution in [0.1, 0.15) is 22.7 Å². The molecule has 1 amide bonds. The highest BCUT2D eigenvalue weighted by atomic mass is 19.4. The fraction of sp³-hybridized carbons (Fsp3) is 0.238. The van der Waals surface area contributed by atoms with E-state index in [-0.39, 0.29) is 12.3 Å². The maximum Gasteiger partial charge on any atom is 0.416 e. The second-order valence-corrected chi connectivity index (χ2v) is 6.55. The molecule has 0 saturated heterocycles. The fourth-order valence-corrected chi connectivity index (χ4v) is 3.17. The zero-order valence-corrected chi connectivity index (χ0v) is 15.9. The first-order valence-corrected chi connectivity index (χ1v) is 8.84. The molecule has 0 unspecified atom stereocenters. The zero-order chi connectivity index (χ0) is 21.0. The molecule has 152 valence electrons. The molecule has 3 aromatic rings. The number of aryl methyl sites for hydroxylation is 1. The molecule has 5 nitrogen and oxygen atoms in total. The number of carbonyl (C=O) groups excluding carboxylic acids is 1. The van der Waals surface area contributed by atoms with E-state index in [0.29, 0.717) is 6.41 Å². The Morgan fingerprint density at radius 1 is 1.24 bits per heavy atom. The van der Waals surface area contributed by atoms with E-state index in [1.807, 2.05) is 29.7 Å². The molecular weight excluding hydrogens is 383 g/mol. The van der Waals surface area contributed by atoms with Crippen LogP contribution in [-0.4, -0.2) is 29.7 Å². The molecule has 0 bridgehead atoms. The molecule has 1 heterocycles. The number of aromatic nitrogens is 2. The largest absolute Gasteiger partial charge is 0.416 e. The molecule has 0 N–H and O–H groups in total. The monoisotopic (exact) mass is 403 g/mol. The predicted octanol–water partition coefficient (Wildman–Crippen LogP) is 4.55. The molecule has 0 radical (unpaired) electrons. The van der Waals surface area contributed by atoms with Crippen LogP contribution in [0.2, 0.25) is 0 Å². The number of alkyl halides is 3. The van der Waals surface area contributed by atoms with Gasteiger partial charge in [0.15, 0.2) is 0 Å². The zero-order valence-electron chi connectivity index (χ0n) is 15.9. The van der Waals surface area contributed by atoms with Crippen LogP contribution in [0.25, 0.3) is 5.69 Å². The van der Waals surface area contributed by atoms with Gasteiger partial charge < -0.3 is 14.2 Å². The van der Waals surface area contributed by atoms with E-state index in [1.165, 1.54) is 24.1 Å². The van der Waals surface area contributed by atoms with Crippen LogP contribution in [0.4, 0.5) is 18.9 Å². The summed E-state index contributed by atoms with van der Waals surface area (Å²) in [7, 11) is 1.48. The number of rotatable bonds is 7. The molecule has 8 heteroatoms. The Labute approximate surface area is 166 Å². The van der Waals surface area contributed by atoms with Crippen LogP contribution in [0.5, 0.6) is 0 Å². The summed E-state index contributed by atoms with van der Waals surface area (Å²) in [5.41, 5.74) is 1.89. The van der Waals surface area contributed by atoms with Crippen molar-refractivity contribution >= 4 is 12.1 Å². The molecule has 29 heavy (non-hydrogen) atoms. The average molecular weight is 403 g/mol. The standard InChI is InChI=1S/C21H20F3N3O2/c1-15-6-7-16(10-19(15)26-9-8-25-13-26)20(12-29-2)27(14-28)18-5-3-4-17(11-18)21(22,23)24/h3-11,13-14,20H,12H2,1-2H3/t20-/m0/s1. The second kappa shape index (κ2) is 8.48. The van der Waals surface area contributed by atoms with Crippen molar-refractivity contribution in [2.45, 2.75) is 19.1 Å². The number of imidazole rings is 1. The van der Waals surface area contributed by atoms with E-state index in [1.54, 1.807) is 18.7 Å². The van der Waals surface area contributed by atoms with Crippen molar-refractivity contribution in [3.63, 3.8) is 0 Å². The van der Waals surface area contributed by atoms with E-state index in [0.717, 1.165) is 28.9 Å². The van der Waals surface area contributed by atoms with Crippen LogP contribution in [0.3, 0.4) is 0 Å². The minimum absolute atomic E-state index is 0.113. The van der Waals surface area contributed by atoms with Crippen molar-refractivity contribution in [2.24, 2.45) is 0 Å². The van der Waals surface area contributed by atoms with E-state index >= 15 is 0 Å². The van der Waals surface area contributed by atoms with Crippen LogP contribution in [0, 0.1) is 6.92 Å². The van der Waals surface area contributed by atoms with Crippen molar-refractivity contribution in [3.05, 3.63) is 77.9 Å². The molecule has 1 atom stereocenters. The van der Waals surface area contributed by atoms with Crippen molar-refractivity contribution in [2.75, 3.05) is 18.6 Å². The highest BCUT2D eigenvalue weighted by molar-refractivity contribution is 5.77. The minimum Gasteiger partial charge on any atom is -0.382 e. The SMILES string of the molecule is COC[C@@H](c1ccc(C)c(-n2ccnc2)c1)N(C=O)c1cccc(C(F)(F)F)c1. The van der Waals surface area contributed by atoms with Crippen molar-refractivity contribution in [1.82, 2.24) is 9.55 Å². The lowest BCUT2D eigenvalue weighted by Gasteiger charge is -2.29. The lowest BCUT2D eigenvalue weighted by molar-refractivity contribution is -0.137. The lowest BCUT2D eigenvalue weighted by Crippen LogP contribution is -2.31. The molecular formula is C21H20F3N3O2. The maximum atomic E-state index is 13.1. The summed E-state index contributed by atoms with van der Waals surface area (Å²) >= 11 is 0. The van der Waals surface area contributed by atoms with Gasteiger partial charge in [-0.2, -0.15) is 13.2 Å². The molecule has 0 aliphatic heterocycles. The number of anilines is 1. The third-order valence-electron chi connectivity index (χ3n) is 4.65. The van der Waals surface area contributed by atoms with Gasteiger partial charge in [0.05, 0.1) is 24.5 Å². The summed E-state index contributed by atoms with van der Waals surface area (Å²) in [6.45, 7) is 2.05. The van der Waals surface area contributed by atoms with Gasteiger partial charge in [0.2, 0.25) is 6.41 Å². The molecule has 2 aromatic carbocycles. The van der Waals surface area contributed by atoms with Gasteiger partial charge >= 0.3 is 6.18 Å². The number of benzene rings is 2. The quantitative estimate of drug-likeness (QED) is 0.544. The Balaban J connectivity index is 2.05. The maximum absolute atomic E-state index is 13.1. The summed E-state index contributed by atoms with van der Waals surface area (Å²) in [6, 6.07) is 9.69. The summed E-state index contributed by atoms with van der Waals surface area (Å²) < 4.78 is 46.5. The van der Waals surface area contributed by atoms with E-state index in [4.69, 9.17) is 4.74 Å². The Morgan fingerprint density at radius 3 is 2.66 bits per heavy atom. The normalized spacial score (nSPS) is 12.6. The number of carbonyl (C=O) groups is 1. The number of hydrogen-bond donors (Lipinski definition) is 0. The number of halogens is 3. The smallest absolute Gasteiger partial charge is 0.382 e. The van der Waals surface area contributed by atoms with Gasteiger partial charge in [-0.25, -0.2) is 4.98 Å². The van der Waals surface area contributed by atoms with Crippen LogP contribution in [0.15, 0.2) is 61.2 Å². The van der Waals surface area contributed by atoms with Crippen LogP contribution in [-0.2, 0) is 15.7 Å². The Kier molecular flexibility index (Phi) is 6.03. The van der Waals surface area contributed by atoms with Crippen molar-refractivity contribution < 1.29 is 22.7 Å². The highest BCUT2D eigenvalue weighted by Gasteiger charge is 2.31. The highest BCUT2D eigenvalue weighted by Crippen LogP contribution is 2.34. The Hall–Kier alpha value is -3.13. The first-order chi connectivity index (χ1) is 13.8. The molecule has 3 rings (SSSR count). The number of nitrogens with zero attached hydrogens (tertiary/aromatic N) is 3. The fourth-order valence-electron chi connectivity index (χ4n) is 3.17.